The minimum atomic E-state index is -0.0530. The van der Waals surface area contributed by atoms with Crippen molar-refractivity contribution in [2.24, 2.45) is 0 Å². The standard InChI is InChI=1S/C11H11ClN2OS/c1-3-8-4-9-10(16-8)13-6-14(11(9)15)5-7(2)12/h4,6H,2-3,5H2,1H3. The van der Waals surface area contributed by atoms with Crippen LogP contribution in [0.2, 0.25) is 0 Å². The van der Waals surface area contributed by atoms with Crippen molar-refractivity contribution in [3.8, 4) is 0 Å². The Morgan fingerprint density at radius 1 is 1.69 bits per heavy atom. The highest BCUT2D eigenvalue weighted by Gasteiger charge is 2.08. The highest BCUT2D eigenvalue weighted by molar-refractivity contribution is 7.18. The summed E-state index contributed by atoms with van der Waals surface area (Å²) in [6.07, 6.45) is 2.44. The molecule has 2 aromatic heterocycles. The molecule has 0 unspecified atom stereocenters. The first-order valence-electron chi connectivity index (χ1n) is 4.93. The molecule has 0 atom stereocenters. The van der Waals surface area contributed by atoms with Gasteiger partial charge in [-0.3, -0.25) is 9.36 Å². The smallest absolute Gasteiger partial charge is 0.262 e. The van der Waals surface area contributed by atoms with Crippen LogP contribution < -0.4 is 5.56 Å². The third-order valence-corrected chi connectivity index (χ3v) is 3.57. The monoisotopic (exact) mass is 254 g/mol. The van der Waals surface area contributed by atoms with E-state index in [0.29, 0.717) is 17.0 Å². The van der Waals surface area contributed by atoms with E-state index >= 15 is 0 Å². The number of hydrogen-bond acceptors (Lipinski definition) is 3. The van der Waals surface area contributed by atoms with Crippen molar-refractivity contribution in [3.63, 3.8) is 0 Å². The first-order chi connectivity index (χ1) is 7.61. The molecule has 0 bridgehead atoms. The number of hydrogen-bond donors (Lipinski definition) is 0. The average molecular weight is 255 g/mol. The normalized spacial score (nSPS) is 10.9. The Labute approximate surface area is 102 Å². The van der Waals surface area contributed by atoms with Crippen molar-refractivity contribution >= 4 is 33.2 Å². The lowest BCUT2D eigenvalue weighted by molar-refractivity contribution is 0.760. The Kier molecular flexibility index (Phi) is 3.12. The molecule has 0 aliphatic rings. The third kappa shape index (κ3) is 2.03. The second-order valence-corrected chi connectivity index (χ2v) is 5.13. The maximum atomic E-state index is 12.0. The summed E-state index contributed by atoms with van der Waals surface area (Å²) in [6, 6.07) is 1.91. The first-order valence-corrected chi connectivity index (χ1v) is 6.12. The molecule has 0 saturated heterocycles. The van der Waals surface area contributed by atoms with E-state index in [2.05, 4.69) is 18.5 Å². The van der Waals surface area contributed by atoms with Crippen LogP contribution in [0.3, 0.4) is 0 Å². The predicted octanol–water partition coefficient (Wildman–Crippen LogP) is 2.77. The summed E-state index contributed by atoms with van der Waals surface area (Å²) in [5, 5.41) is 1.09. The molecule has 0 aliphatic carbocycles. The number of nitrogens with zero attached hydrogens (tertiary/aromatic N) is 2. The summed E-state index contributed by atoms with van der Waals surface area (Å²) < 4.78 is 1.48. The number of allylic oxidation sites excluding steroid dienone is 1. The van der Waals surface area contributed by atoms with Crippen LogP contribution in [0.25, 0.3) is 10.2 Å². The van der Waals surface area contributed by atoms with E-state index in [0.717, 1.165) is 11.3 Å². The van der Waals surface area contributed by atoms with E-state index in [9.17, 15) is 4.79 Å². The molecular weight excluding hydrogens is 244 g/mol. The van der Waals surface area contributed by atoms with Gasteiger partial charge in [-0.25, -0.2) is 4.98 Å². The van der Waals surface area contributed by atoms with E-state index in [1.54, 1.807) is 11.3 Å². The van der Waals surface area contributed by atoms with Crippen molar-refractivity contribution in [3.05, 3.63) is 39.2 Å². The highest BCUT2D eigenvalue weighted by Crippen LogP contribution is 2.21. The zero-order valence-electron chi connectivity index (χ0n) is 8.86. The van der Waals surface area contributed by atoms with Crippen molar-refractivity contribution in [1.29, 1.82) is 0 Å². The molecular formula is C11H11ClN2OS. The molecule has 2 rings (SSSR count). The van der Waals surface area contributed by atoms with Crippen molar-refractivity contribution < 1.29 is 0 Å². The van der Waals surface area contributed by atoms with Crippen molar-refractivity contribution in [2.75, 3.05) is 0 Å². The van der Waals surface area contributed by atoms with Crippen LogP contribution in [0.4, 0.5) is 0 Å². The molecule has 0 fully saturated rings. The summed E-state index contributed by atoms with van der Waals surface area (Å²) >= 11 is 7.25. The summed E-state index contributed by atoms with van der Waals surface area (Å²) in [5.74, 6) is 0. The molecule has 0 amide bonds. The van der Waals surface area contributed by atoms with Crippen LogP contribution in [-0.4, -0.2) is 9.55 Å². The van der Waals surface area contributed by atoms with E-state index in [4.69, 9.17) is 11.6 Å². The lowest BCUT2D eigenvalue weighted by Crippen LogP contribution is -2.19. The molecule has 3 nitrogen and oxygen atoms in total. The van der Waals surface area contributed by atoms with E-state index in [1.165, 1.54) is 15.8 Å². The second-order valence-electron chi connectivity index (χ2n) is 3.48. The first kappa shape index (κ1) is 11.4. The Balaban J connectivity index is 2.59. The molecule has 0 aliphatic heterocycles. The van der Waals surface area contributed by atoms with Gasteiger partial charge in [-0.15, -0.1) is 11.3 Å². The zero-order valence-corrected chi connectivity index (χ0v) is 10.4. The fraction of sp³-hybridized carbons (Fsp3) is 0.273. The van der Waals surface area contributed by atoms with Crippen LogP contribution in [0, 0.1) is 0 Å². The van der Waals surface area contributed by atoms with Gasteiger partial charge in [-0.2, -0.15) is 0 Å². The number of halogens is 1. The number of aromatic nitrogens is 2. The summed E-state index contributed by atoms with van der Waals surface area (Å²) in [5.41, 5.74) is -0.0530. The van der Waals surface area contributed by atoms with Crippen LogP contribution in [0.1, 0.15) is 11.8 Å². The van der Waals surface area contributed by atoms with Crippen molar-refractivity contribution in [1.82, 2.24) is 9.55 Å². The van der Waals surface area contributed by atoms with Crippen LogP contribution in [0.15, 0.2) is 28.8 Å². The molecule has 5 heteroatoms. The molecule has 0 aromatic carbocycles. The maximum Gasteiger partial charge on any atom is 0.262 e. The fourth-order valence-corrected chi connectivity index (χ4v) is 2.54. The molecule has 0 spiro atoms. The van der Waals surface area contributed by atoms with Crippen LogP contribution in [-0.2, 0) is 13.0 Å². The van der Waals surface area contributed by atoms with Crippen LogP contribution in [0.5, 0.6) is 0 Å². The Morgan fingerprint density at radius 2 is 2.44 bits per heavy atom. The van der Waals surface area contributed by atoms with Gasteiger partial charge in [0, 0.05) is 9.91 Å². The number of fused-ring (bicyclic) bond motifs is 1. The second kappa shape index (κ2) is 4.39. The SMILES string of the molecule is C=C(Cl)Cn1cnc2sc(CC)cc2c1=O. The molecule has 2 heterocycles. The average Bonchev–Trinajstić information content (AvgIpc) is 2.65. The third-order valence-electron chi connectivity index (χ3n) is 2.26. The largest absolute Gasteiger partial charge is 0.293 e. The van der Waals surface area contributed by atoms with Gasteiger partial charge in [-0.05, 0) is 12.5 Å². The molecule has 2 aromatic rings. The molecule has 0 N–H and O–H groups in total. The molecule has 84 valence electrons. The topological polar surface area (TPSA) is 34.9 Å². The highest BCUT2D eigenvalue weighted by atomic mass is 35.5. The Hall–Kier alpha value is -1.13. The summed E-state index contributed by atoms with van der Waals surface area (Å²) in [6.45, 7) is 5.94. The number of rotatable bonds is 3. The number of aryl methyl sites for hydroxylation is 1. The molecule has 0 radical (unpaired) electrons. The minimum Gasteiger partial charge on any atom is -0.293 e. The lowest BCUT2D eigenvalue weighted by atomic mass is 10.3. The predicted molar refractivity (Wildman–Crippen MR) is 68.3 cm³/mol. The summed E-state index contributed by atoms with van der Waals surface area (Å²) in [7, 11) is 0. The van der Waals surface area contributed by atoms with Gasteiger partial charge >= 0.3 is 0 Å². The Morgan fingerprint density at radius 3 is 3.06 bits per heavy atom. The van der Waals surface area contributed by atoms with E-state index < -0.39 is 0 Å². The van der Waals surface area contributed by atoms with Crippen LogP contribution >= 0.6 is 22.9 Å². The minimum absolute atomic E-state index is 0.0530. The maximum absolute atomic E-state index is 12.0. The van der Waals surface area contributed by atoms with Gasteiger partial charge in [0.05, 0.1) is 18.3 Å². The molecule has 16 heavy (non-hydrogen) atoms. The van der Waals surface area contributed by atoms with E-state index in [-0.39, 0.29) is 5.56 Å². The fourth-order valence-electron chi connectivity index (χ4n) is 1.48. The Bertz CT molecular complexity index is 600. The summed E-state index contributed by atoms with van der Waals surface area (Å²) in [4.78, 5) is 18.2. The lowest BCUT2D eigenvalue weighted by Gasteiger charge is -2.02. The quantitative estimate of drug-likeness (QED) is 0.844. The van der Waals surface area contributed by atoms with Gasteiger partial charge in [0.25, 0.3) is 5.56 Å². The number of thiophene rings is 1. The van der Waals surface area contributed by atoms with E-state index in [1.807, 2.05) is 6.07 Å². The van der Waals surface area contributed by atoms with Gasteiger partial charge in [0.15, 0.2) is 0 Å². The van der Waals surface area contributed by atoms with Gasteiger partial charge < -0.3 is 0 Å². The van der Waals surface area contributed by atoms with Gasteiger partial charge in [0.1, 0.15) is 4.83 Å². The molecule has 0 saturated carbocycles. The van der Waals surface area contributed by atoms with Gasteiger partial charge in [-0.1, -0.05) is 25.1 Å². The van der Waals surface area contributed by atoms with Gasteiger partial charge in [0.2, 0.25) is 0 Å². The van der Waals surface area contributed by atoms with Crippen molar-refractivity contribution in [2.45, 2.75) is 19.9 Å². The zero-order chi connectivity index (χ0) is 11.7.